The van der Waals surface area contributed by atoms with Gasteiger partial charge >= 0.3 is 0 Å². The second kappa shape index (κ2) is 6.44. The number of nitrogens with two attached hydrogens (primary N) is 1. The van der Waals surface area contributed by atoms with Crippen molar-refractivity contribution in [2.45, 2.75) is 20.4 Å². The fraction of sp³-hybridized carbons (Fsp3) is 0.294. The van der Waals surface area contributed by atoms with Gasteiger partial charge in [-0.05, 0) is 43.2 Å². The molecule has 0 aliphatic heterocycles. The zero-order chi connectivity index (χ0) is 14.5. The third-order valence-corrected chi connectivity index (χ3v) is 3.43. The molecule has 0 heterocycles. The van der Waals surface area contributed by atoms with Gasteiger partial charge in [0.1, 0.15) is 5.75 Å². The molecule has 20 heavy (non-hydrogen) atoms. The highest BCUT2D eigenvalue weighted by molar-refractivity contribution is 5.68. The standard InChI is InChI=1S/C17H22N2O/c1-4-19(15-7-5-6-13(2)10-15)17-11-16(20-3)9-8-14(17)12-18/h5-11H,4,12,18H2,1-3H3. The van der Waals surface area contributed by atoms with Crippen LogP contribution in [0.15, 0.2) is 42.5 Å². The minimum atomic E-state index is 0.516. The van der Waals surface area contributed by atoms with Gasteiger partial charge in [0.25, 0.3) is 0 Å². The van der Waals surface area contributed by atoms with Crippen LogP contribution in [0.25, 0.3) is 0 Å². The van der Waals surface area contributed by atoms with E-state index in [1.54, 1.807) is 7.11 Å². The second-order valence-electron chi connectivity index (χ2n) is 4.78. The van der Waals surface area contributed by atoms with Crippen molar-refractivity contribution in [3.05, 3.63) is 53.6 Å². The van der Waals surface area contributed by atoms with Crippen LogP contribution in [-0.4, -0.2) is 13.7 Å². The molecule has 0 aliphatic rings. The molecular formula is C17H22N2O. The van der Waals surface area contributed by atoms with Gasteiger partial charge in [-0.1, -0.05) is 18.2 Å². The molecule has 3 nitrogen and oxygen atoms in total. The van der Waals surface area contributed by atoms with Crippen LogP contribution in [0.1, 0.15) is 18.1 Å². The molecule has 3 heteroatoms. The Labute approximate surface area is 121 Å². The van der Waals surface area contributed by atoms with E-state index in [0.717, 1.165) is 23.5 Å². The van der Waals surface area contributed by atoms with E-state index < -0.39 is 0 Å². The van der Waals surface area contributed by atoms with Gasteiger partial charge in [0.05, 0.1) is 7.11 Å². The first-order chi connectivity index (χ1) is 9.69. The number of hydrogen-bond acceptors (Lipinski definition) is 3. The maximum atomic E-state index is 5.88. The van der Waals surface area contributed by atoms with Crippen LogP contribution in [-0.2, 0) is 6.54 Å². The molecule has 0 amide bonds. The molecule has 0 bridgehead atoms. The Bertz CT molecular complexity index is 581. The summed E-state index contributed by atoms with van der Waals surface area (Å²) in [5.41, 5.74) is 10.5. The van der Waals surface area contributed by atoms with E-state index in [0.29, 0.717) is 6.54 Å². The summed E-state index contributed by atoms with van der Waals surface area (Å²) in [6.45, 7) is 5.64. The molecule has 2 N–H and O–H groups in total. The zero-order valence-corrected chi connectivity index (χ0v) is 12.4. The van der Waals surface area contributed by atoms with Crippen LogP contribution in [0, 0.1) is 6.92 Å². The van der Waals surface area contributed by atoms with Crippen molar-refractivity contribution in [1.82, 2.24) is 0 Å². The molecule has 0 fully saturated rings. The average molecular weight is 270 g/mol. The molecule has 2 aromatic carbocycles. The van der Waals surface area contributed by atoms with E-state index in [-0.39, 0.29) is 0 Å². The zero-order valence-electron chi connectivity index (χ0n) is 12.4. The van der Waals surface area contributed by atoms with E-state index in [9.17, 15) is 0 Å². The SMILES string of the molecule is CCN(c1cccc(C)c1)c1cc(OC)ccc1CN. The number of nitrogens with zero attached hydrogens (tertiary/aromatic N) is 1. The highest BCUT2D eigenvalue weighted by Crippen LogP contribution is 2.32. The first kappa shape index (κ1) is 14.4. The number of rotatable bonds is 5. The highest BCUT2D eigenvalue weighted by atomic mass is 16.5. The lowest BCUT2D eigenvalue weighted by Crippen LogP contribution is -2.18. The van der Waals surface area contributed by atoms with Gasteiger partial charge in [-0.2, -0.15) is 0 Å². The van der Waals surface area contributed by atoms with Crippen molar-refractivity contribution >= 4 is 11.4 Å². The maximum Gasteiger partial charge on any atom is 0.120 e. The Morgan fingerprint density at radius 3 is 2.55 bits per heavy atom. The van der Waals surface area contributed by atoms with Crippen molar-refractivity contribution in [1.29, 1.82) is 0 Å². The normalized spacial score (nSPS) is 10.4. The molecule has 0 saturated carbocycles. The van der Waals surface area contributed by atoms with Crippen LogP contribution in [0.2, 0.25) is 0 Å². The van der Waals surface area contributed by atoms with Gasteiger partial charge in [-0.15, -0.1) is 0 Å². The lowest BCUT2D eigenvalue weighted by atomic mass is 10.1. The largest absolute Gasteiger partial charge is 0.497 e. The minimum absolute atomic E-state index is 0.516. The molecular weight excluding hydrogens is 248 g/mol. The smallest absolute Gasteiger partial charge is 0.120 e. The van der Waals surface area contributed by atoms with E-state index in [4.69, 9.17) is 10.5 Å². The minimum Gasteiger partial charge on any atom is -0.497 e. The third-order valence-electron chi connectivity index (χ3n) is 3.43. The van der Waals surface area contributed by atoms with Crippen LogP contribution in [0.3, 0.4) is 0 Å². The Morgan fingerprint density at radius 2 is 1.95 bits per heavy atom. The predicted molar refractivity (Wildman–Crippen MR) is 84.7 cm³/mol. The second-order valence-corrected chi connectivity index (χ2v) is 4.78. The molecule has 0 spiro atoms. The molecule has 0 radical (unpaired) electrons. The van der Waals surface area contributed by atoms with Gasteiger partial charge in [-0.3, -0.25) is 0 Å². The molecule has 2 rings (SSSR count). The predicted octanol–water partition coefficient (Wildman–Crippen LogP) is 3.62. The van der Waals surface area contributed by atoms with Crippen molar-refractivity contribution < 1.29 is 4.74 Å². The summed E-state index contributed by atoms with van der Waals surface area (Å²) in [7, 11) is 1.68. The van der Waals surface area contributed by atoms with Gasteiger partial charge in [0, 0.05) is 30.5 Å². The van der Waals surface area contributed by atoms with Crippen LogP contribution in [0.4, 0.5) is 11.4 Å². The summed E-state index contributed by atoms with van der Waals surface area (Å²) < 4.78 is 5.34. The number of benzene rings is 2. The van der Waals surface area contributed by atoms with Gasteiger partial charge in [0.2, 0.25) is 0 Å². The summed E-state index contributed by atoms with van der Waals surface area (Å²) in [6.07, 6.45) is 0. The van der Waals surface area contributed by atoms with Crippen LogP contribution >= 0.6 is 0 Å². The van der Waals surface area contributed by atoms with E-state index in [1.165, 1.54) is 11.3 Å². The van der Waals surface area contributed by atoms with Crippen molar-refractivity contribution in [3.63, 3.8) is 0 Å². The topological polar surface area (TPSA) is 38.5 Å². The molecule has 0 saturated heterocycles. The van der Waals surface area contributed by atoms with E-state index >= 15 is 0 Å². The summed E-state index contributed by atoms with van der Waals surface area (Å²) in [6, 6.07) is 14.5. The third kappa shape index (κ3) is 2.94. The van der Waals surface area contributed by atoms with E-state index in [1.807, 2.05) is 18.2 Å². The van der Waals surface area contributed by atoms with Gasteiger partial charge in [-0.25, -0.2) is 0 Å². The number of ether oxygens (including phenoxy) is 1. The fourth-order valence-electron chi connectivity index (χ4n) is 2.38. The fourth-order valence-corrected chi connectivity index (χ4v) is 2.38. The monoisotopic (exact) mass is 270 g/mol. The number of methoxy groups -OCH3 is 1. The van der Waals surface area contributed by atoms with Crippen LogP contribution in [0.5, 0.6) is 5.75 Å². The number of aryl methyl sites for hydroxylation is 1. The quantitative estimate of drug-likeness (QED) is 0.901. The molecule has 0 aliphatic carbocycles. The summed E-state index contributed by atoms with van der Waals surface area (Å²) in [5, 5.41) is 0. The van der Waals surface area contributed by atoms with Crippen molar-refractivity contribution in [2.24, 2.45) is 5.73 Å². The molecule has 0 atom stereocenters. The molecule has 106 valence electrons. The van der Waals surface area contributed by atoms with Gasteiger partial charge in [0.15, 0.2) is 0 Å². The Morgan fingerprint density at radius 1 is 1.15 bits per heavy atom. The Hall–Kier alpha value is -2.00. The van der Waals surface area contributed by atoms with Crippen molar-refractivity contribution in [3.8, 4) is 5.75 Å². The number of anilines is 2. The lowest BCUT2D eigenvalue weighted by Gasteiger charge is -2.26. The van der Waals surface area contributed by atoms with E-state index in [2.05, 4.69) is 43.0 Å². The molecule has 0 unspecified atom stereocenters. The summed E-state index contributed by atoms with van der Waals surface area (Å²) in [5.74, 6) is 0.850. The molecule has 0 aromatic heterocycles. The molecule has 2 aromatic rings. The maximum absolute atomic E-state index is 5.88. The summed E-state index contributed by atoms with van der Waals surface area (Å²) in [4.78, 5) is 2.26. The Kier molecular flexibility index (Phi) is 4.64. The Balaban J connectivity index is 2.50. The first-order valence-corrected chi connectivity index (χ1v) is 6.90. The highest BCUT2D eigenvalue weighted by Gasteiger charge is 2.12. The first-order valence-electron chi connectivity index (χ1n) is 6.90. The average Bonchev–Trinajstić information content (AvgIpc) is 2.48. The van der Waals surface area contributed by atoms with Gasteiger partial charge < -0.3 is 15.4 Å². The lowest BCUT2D eigenvalue weighted by molar-refractivity contribution is 0.414. The number of hydrogen-bond donors (Lipinski definition) is 1. The van der Waals surface area contributed by atoms with Crippen molar-refractivity contribution in [2.75, 3.05) is 18.6 Å². The summed E-state index contributed by atoms with van der Waals surface area (Å²) >= 11 is 0. The van der Waals surface area contributed by atoms with Crippen LogP contribution < -0.4 is 15.4 Å².